The zero-order valence-electron chi connectivity index (χ0n) is 10.2. The highest BCUT2D eigenvalue weighted by Gasteiger charge is 2.36. The highest BCUT2D eigenvalue weighted by molar-refractivity contribution is 5.88. The number of rotatable bonds is 3. The number of amidine groups is 1. The summed E-state index contributed by atoms with van der Waals surface area (Å²) < 4.78 is 0. The fourth-order valence-electron chi connectivity index (χ4n) is 2.26. The van der Waals surface area contributed by atoms with Crippen LogP contribution in [0.15, 0.2) is 45.6 Å². The number of nitrogens with zero attached hydrogens (tertiary/aromatic N) is 3. The maximum atomic E-state index is 9.23. The third-order valence-electron chi connectivity index (χ3n) is 3.15. The van der Waals surface area contributed by atoms with Crippen LogP contribution in [0.2, 0.25) is 0 Å². The average molecular weight is 231 g/mol. The minimum Gasteiger partial charge on any atom is -0.388 e. The Morgan fingerprint density at radius 1 is 1.59 bits per heavy atom. The first-order valence-corrected chi connectivity index (χ1v) is 5.64. The largest absolute Gasteiger partial charge is 0.388 e. The van der Waals surface area contributed by atoms with Gasteiger partial charge in [-0.25, -0.2) is 0 Å². The quantitative estimate of drug-likeness (QED) is 0.741. The molecule has 0 saturated carbocycles. The molecule has 1 heterocycles. The van der Waals surface area contributed by atoms with Crippen molar-refractivity contribution in [1.82, 2.24) is 4.90 Å². The van der Waals surface area contributed by atoms with Gasteiger partial charge in [0.1, 0.15) is 24.5 Å². The summed E-state index contributed by atoms with van der Waals surface area (Å²) in [7, 11) is 1.91. The van der Waals surface area contributed by atoms with Crippen LogP contribution in [0.5, 0.6) is 0 Å². The van der Waals surface area contributed by atoms with E-state index in [0.29, 0.717) is 5.84 Å². The van der Waals surface area contributed by atoms with Crippen LogP contribution in [0.25, 0.3) is 0 Å². The topological polar surface area (TPSA) is 48.2 Å². The molecule has 4 nitrogen and oxygen atoms in total. The van der Waals surface area contributed by atoms with E-state index in [0.717, 1.165) is 11.3 Å². The lowest BCUT2D eigenvalue weighted by molar-refractivity contribution is 0.344. The molecule has 0 aromatic carbocycles. The molecule has 90 valence electrons. The van der Waals surface area contributed by atoms with E-state index in [1.54, 1.807) is 0 Å². The number of allylic oxidation sites excluding steroid dienone is 3. The van der Waals surface area contributed by atoms with Gasteiger partial charge < -0.3 is 10.0 Å². The molecule has 1 aliphatic carbocycles. The summed E-state index contributed by atoms with van der Waals surface area (Å²) in [6.45, 7) is 5.58. The molecule has 0 spiro atoms. The molecular formula is C13H17N3O. The zero-order chi connectivity index (χ0) is 12.4. The zero-order valence-corrected chi connectivity index (χ0v) is 10.2. The molecule has 17 heavy (non-hydrogen) atoms. The number of likely N-dealkylation sites (N-methyl/N-ethyl adjacent to an activating group) is 1. The molecule has 0 fully saturated rings. The van der Waals surface area contributed by atoms with Crippen molar-refractivity contribution in [3.05, 3.63) is 35.6 Å². The molecule has 2 atom stereocenters. The summed E-state index contributed by atoms with van der Waals surface area (Å²) in [6, 6.07) is -0.103. The Bertz CT molecular complexity index is 446. The van der Waals surface area contributed by atoms with E-state index in [4.69, 9.17) is 0 Å². The van der Waals surface area contributed by atoms with Crippen molar-refractivity contribution in [2.75, 3.05) is 13.7 Å². The van der Waals surface area contributed by atoms with Gasteiger partial charge >= 0.3 is 0 Å². The number of fused-ring (bicyclic) bond motifs is 1. The maximum Gasteiger partial charge on any atom is 0.130 e. The second-order valence-electron chi connectivity index (χ2n) is 4.09. The first-order valence-electron chi connectivity index (χ1n) is 5.64. The summed E-state index contributed by atoms with van der Waals surface area (Å²) in [4.78, 5) is 10.6. The summed E-state index contributed by atoms with van der Waals surface area (Å²) in [5, 5.41) is 9.23. The molecule has 0 saturated heterocycles. The first kappa shape index (κ1) is 11.8. The summed E-state index contributed by atoms with van der Waals surface area (Å²) in [6.07, 6.45) is 8.09. The number of aliphatic hydroxyl groups excluding tert-OH is 1. The van der Waals surface area contributed by atoms with Gasteiger partial charge in [0.2, 0.25) is 0 Å². The van der Waals surface area contributed by atoms with E-state index in [9.17, 15) is 5.11 Å². The Morgan fingerprint density at radius 2 is 2.35 bits per heavy atom. The van der Waals surface area contributed by atoms with E-state index in [2.05, 4.69) is 16.7 Å². The molecular weight excluding hydrogens is 214 g/mol. The highest BCUT2D eigenvalue weighted by Crippen LogP contribution is 2.31. The minimum atomic E-state index is -0.0577. The van der Waals surface area contributed by atoms with Crippen LogP contribution in [0.4, 0.5) is 0 Å². The van der Waals surface area contributed by atoms with Crippen LogP contribution in [0.3, 0.4) is 0 Å². The molecule has 0 amide bonds. The normalized spacial score (nSPS) is 27.7. The predicted octanol–water partition coefficient (Wildman–Crippen LogP) is 1.16. The molecule has 2 aliphatic rings. The van der Waals surface area contributed by atoms with E-state index in [1.807, 2.05) is 43.2 Å². The Kier molecular flexibility index (Phi) is 3.24. The molecule has 0 aromatic heterocycles. The molecule has 0 bridgehead atoms. The Hall–Kier alpha value is -1.68. The Morgan fingerprint density at radius 3 is 2.94 bits per heavy atom. The molecule has 1 aliphatic heterocycles. The van der Waals surface area contributed by atoms with Gasteiger partial charge in [-0.1, -0.05) is 18.2 Å². The summed E-state index contributed by atoms with van der Waals surface area (Å²) in [5.74, 6) is 0.685. The van der Waals surface area contributed by atoms with Crippen LogP contribution in [0.1, 0.15) is 6.92 Å². The van der Waals surface area contributed by atoms with Crippen molar-refractivity contribution in [3.63, 3.8) is 0 Å². The fourth-order valence-corrected chi connectivity index (χ4v) is 2.26. The second-order valence-corrected chi connectivity index (χ2v) is 4.09. The molecule has 1 N–H and O–H groups in total. The van der Waals surface area contributed by atoms with Crippen molar-refractivity contribution in [2.45, 2.75) is 19.0 Å². The van der Waals surface area contributed by atoms with Gasteiger partial charge in [0.15, 0.2) is 0 Å². The van der Waals surface area contributed by atoms with Crippen LogP contribution in [-0.2, 0) is 0 Å². The lowest BCUT2D eigenvalue weighted by Gasteiger charge is -2.26. The maximum absolute atomic E-state index is 9.23. The second kappa shape index (κ2) is 4.67. The van der Waals surface area contributed by atoms with Gasteiger partial charge in [-0.15, -0.1) is 0 Å². The number of hydrogen-bond acceptors (Lipinski definition) is 4. The van der Waals surface area contributed by atoms with Gasteiger partial charge in [-0.2, -0.15) is 0 Å². The highest BCUT2D eigenvalue weighted by atomic mass is 16.3. The monoisotopic (exact) mass is 231 g/mol. The van der Waals surface area contributed by atoms with Crippen LogP contribution >= 0.6 is 0 Å². The SMILES string of the molecule is C=NC1C(/C=C\C)=CC=C2C1N=C(CO)N2C. The van der Waals surface area contributed by atoms with Gasteiger partial charge in [0.05, 0.1) is 0 Å². The van der Waals surface area contributed by atoms with E-state index in [1.165, 1.54) is 0 Å². The third kappa shape index (κ3) is 1.85. The van der Waals surface area contributed by atoms with Gasteiger partial charge in [0.25, 0.3) is 0 Å². The van der Waals surface area contributed by atoms with Crippen LogP contribution < -0.4 is 0 Å². The van der Waals surface area contributed by atoms with Crippen LogP contribution in [-0.4, -0.2) is 48.3 Å². The van der Waals surface area contributed by atoms with Gasteiger partial charge in [-0.05, 0) is 25.3 Å². The lowest BCUT2D eigenvalue weighted by atomic mass is 9.92. The number of aliphatic hydroxyl groups is 1. The minimum absolute atomic E-state index is 0.0455. The van der Waals surface area contributed by atoms with Crippen molar-refractivity contribution in [2.24, 2.45) is 9.98 Å². The predicted molar refractivity (Wildman–Crippen MR) is 70.4 cm³/mol. The summed E-state index contributed by atoms with van der Waals surface area (Å²) in [5.41, 5.74) is 2.17. The first-order chi connectivity index (χ1) is 8.22. The number of hydrogen-bond donors (Lipinski definition) is 1. The Balaban J connectivity index is 2.39. The van der Waals surface area contributed by atoms with Gasteiger partial charge in [0, 0.05) is 12.7 Å². The molecule has 0 aromatic rings. The molecule has 2 unspecified atom stereocenters. The van der Waals surface area contributed by atoms with E-state index in [-0.39, 0.29) is 18.7 Å². The van der Waals surface area contributed by atoms with Crippen molar-refractivity contribution >= 4 is 12.6 Å². The fraction of sp³-hybridized carbons (Fsp3) is 0.385. The smallest absolute Gasteiger partial charge is 0.130 e. The van der Waals surface area contributed by atoms with Crippen molar-refractivity contribution in [1.29, 1.82) is 0 Å². The molecule has 0 radical (unpaired) electrons. The lowest BCUT2D eigenvalue weighted by Crippen LogP contribution is -2.31. The van der Waals surface area contributed by atoms with Crippen molar-refractivity contribution in [3.8, 4) is 0 Å². The standard InChI is InChI=1S/C13H17N3O/c1-4-5-9-6-7-10-13(12(9)14-2)15-11(8-17)16(10)3/h4-7,12-13,17H,2,8H2,1,3H3/b5-4-. The van der Waals surface area contributed by atoms with Crippen LogP contribution in [0, 0.1) is 0 Å². The molecule has 2 rings (SSSR count). The molecule has 4 heteroatoms. The van der Waals surface area contributed by atoms with E-state index >= 15 is 0 Å². The Labute approximate surface area is 101 Å². The van der Waals surface area contributed by atoms with Crippen molar-refractivity contribution < 1.29 is 5.11 Å². The average Bonchev–Trinajstić information content (AvgIpc) is 2.66. The van der Waals surface area contributed by atoms with Gasteiger partial charge in [-0.3, -0.25) is 9.98 Å². The third-order valence-corrected chi connectivity index (χ3v) is 3.15. The van der Waals surface area contributed by atoms with E-state index < -0.39 is 0 Å². The summed E-state index contributed by atoms with van der Waals surface area (Å²) >= 11 is 0. The number of aliphatic imine (C=N–C) groups is 2.